The van der Waals surface area contributed by atoms with E-state index in [-0.39, 0.29) is 0 Å². The normalized spacial score (nSPS) is 9.31. The van der Waals surface area contributed by atoms with Crippen LogP contribution in [0.5, 0.6) is 0 Å². The Balaban J connectivity index is 2.31. The molecule has 0 unspecified atom stereocenters. The van der Waals surface area contributed by atoms with Crippen LogP contribution in [0.25, 0.3) is 0 Å². The number of hydrogen-bond acceptors (Lipinski definition) is 2. The molecule has 0 aliphatic rings. The number of hydrogen-bond donors (Lipinski definition) is 2. The monoisotopic (exact) mass is 195 g/mol. The zero-order valence-corrected chi connectivity index (χ0v) is 8.40. The lowest BCUT2D eigenvalue weighted by Gasteiger charge is -2.07. The zero-order valence-electron chi connectivity index (χ0n) is 7.58. The molecule has 1 aromatic rings. The van der Waals surface area contributed by atoms with E-state index in [9.17, 15) is 0 Å². The average molecular weight is 195 g/mol. The minimum Gasteiger partial charge on any atom is -0.363 e. The summed E-state index contributed by atoms with van der Waals surface area (Å²) in [5.41, 5.74) is 1.18. The highest BCUT2D eigenvalue weighted by Gasteiger charge is 1.93. The average Bonchev–Trinajstić information content (AvgIpc) is 2.17. The SMILES string of the molecule is CCNC(=S)NCc1ccncc1. The molecule has 0 saturated carbocycles. The molecule has 0 radical (unpaired) electrons. The van der Waals surface area contributed by atoms with Crippen molar-refractivity contribution in [3.63, 3.8) is 0 Å². The molecule has 0 aliphatic carbocycles. The maximum Gasteiger partial charge on any atom is 0.166 e. The van der Waals surface area contributed by atoms with E-state index in [1.165, 1.54) is 5.56 Å². The van der Waals surface area contributed by atoms with E-state index in [1.54, 1.807) is 12.4 Å². The predicted molar refractivity (Wildman–Crippen MR) is 57.4 cm³/mol. The van der Waals surface area contributed by atoms with Gasteiger partial charge in [0, 0.05) is 25.5 Å². The second kappa shape index (κ2) is 5.48. The molecular weight excluding hydrogens is 182 g/mol. The third kappa shape index (κ3) is 3.85. The van der Waals surface area contributed by atoms with Gasteiger partial charge in [0.1, 0.15) is 0 Å². The van der Waals surface area contributed by atoms with Crippen LogP contribution in [0.2, 0.25) is 0 Å². The van der Waals surface area contributed by atoms with Gasteiger partial charge in [-0.2, -0.15) is 0 Å². The van der Waals surface area contributed by atoms with Gasteiger partial charge in [-0.15, -0.1) is 0 Å². The molecule has 1 rings (SSSR count). The van der Waals surface area contributed by atoms with Crippen LogP contribution in [0.3, 0.4) is 0 Å². The number of aromatic nitrogens is 1. The highest BCUT2D eigenvalue weighted by molar-refractivity contribution is 7.80. The number of thiocarbonyl (C=S) groups is 1. The van der Waals surface area contributed by atoms with Crippen molar-refractivity contribution in [3.05, 3.63) is 30.1 Å². The minimum atomic E-state index is 0.694. The van der Waals surface area contributed by atoms with Crippen molar-refractivity contribution in [1.29, 1.82) is 0 Å². The van der Waals surface area contributed by atoms with Crippen molar-refractivity contribution < 1.29 is 0 Å². The van der Waals surface area contributed by atoms with Crippen molar-refractivity contribution in [2.75, 3.05) is 6.54 Å². The van der Waals surface area contributed by atoms with Crippen LogP contribution in [-0.2, 0) is 6.54 Å². The summed E-state index contributed by atoms with van der Waals surface area (Å²) >= 11 is 5.01. The third-order valence-corrected chi connectivity index (χ3v) is 1.83. The maximum absolute atomic E-state index is 5.01. The Morgan fingerprint density at radius 2 is 2.08 bits per heavy atom. The van der Waals surface area contributed by atoms with Crippen molar-refractivity contribution in [1.82, 2.24) is 15.6 Å². The Hall–Kier alpha value is -1.16. The first-order valence-corrected chi connectivity index (χ1v) is 4.64. The largest absolute Gasteiger partial charge is 0.363 e. The van der Waals surface area contributed by atoms with Gasteiger partial charge in [-0.05, 0) is 36.8 Å². The van der Waals surface area contributed by atoms with Crippen LogP contribution in [-0.4, -0.2) is 16.6 Å². The van der Waals surface area contributed by atoms with Gasteiger partial charge in [-0.25, -0.2) is 0 Å². The standard InChI is InChI=1S/C9H13N3S/c1-2-11-9(13)12-7-8-3-5-10-6-4-8/h3-6H,2,7H2,1H3,(H2,11,12,13). The van der Waals surface area contributed by atoms with Gasteiger partial charge in [0.15, 0.2) is 5.11 Å². The molecule has 0 atom stereocenters. The fourth-order valence-electron chi connectivity index (χ4n) is 0.906. The summed E-state index contributed by atoms with van der Waals surface area (Å²) in [6.07, 6.45) is 3.54. The number of pyridine rings is 1. The number of rotatable bonds is 3. The second-order valence-electron chi connectivity index (χ2n) is 2.57. The summed E-state index contributed by atoms with van der Waals surface area (Å²) in [5.74, 6) is 0. The summed E-state index contributed by atoms with van der Waals surface area (Å²) in [7, 11) is 0. The Kier molecular flexibility index (Phi) is 4.18. The smallest absolute Gasteiger partial charge is 0.166 e. The van der Waals surface area contributed by atoms with E-state index in [0.29, 0.717) is 5.11 Å². The molecule has 13 heavy (non-hydrogen) atoms. The first kappa shape index (κ1) is 9.92. The van der Waals surface area contributed by atoms with E-state index >= 15 is 0 Å². The Bertz CT molecular complexity index is 261. The zero-order chi connectivity index (χ0) is 9.52. The summed E-state index contributed by atoms with van der Waals surface area (Å²) in [6, 6.07) is 3.92. The lowest BCUT2D eigenvalue weighted by Crippen LogP contribution is -2.34. The van der Waals surface area contributed by atoms with E-state index in [1.807, 2.05) is 19.1 Å². The van der Waals surface area contributed by atoms with Crippen LogP contribution < -0.4 is 10.6 Å². The van der Waals surface area contributed by atoms with E-state index < -0.39 is 0 Å². The maximum atomic E-state index is 5.01. The quantitative estimate of drug-likeness (QED) is 0.707. The minimum absolute atomic E-state index is 0.694. The van der Waals surface area contributed by atoms with Crippen molar-refractivity contribution in [2.24, 2.45) is 0 Å². The van der Waals surface area contributed by atoms with Crippen LogP contribution in [0.15, 0.2) is 24.5 Å². The van der Waals surface area contributed by atoms with Crippen molar-refractivity contribution >= 4 is 17.3 Å². The first-order chi connectivity index (χ1) is 6.33. The molecule has 0 bridgehead atoms. The van der Waals surface area contributed by atoms with Crippen LogP contribution in [0.4, 0.5) is 0 Å². The summed E-state index contributed by atoms with van der Waals surface area (Å²) in [5, 5.41) is 6.81. The van der Waals surface area contributed by atoms with E-state index in [0.717, 1.165) is 13.1 Å². The molecule has 0 aromatic carbocycles. The van der Waals surface area contributed by atoms with E-state index in [4.69, 9.17) is 12.2 Å². The molecule has 70 valence electrons. The molecule has 0 amide bonds. The van der Waals surface area contributed by atoms with Gasteiger partial charge in [0.05, 0.1) is 0 Å². The third-order valence-electron chi connectivity index (χ3n) is 1.54. The van der Waals surface area contributed by atoms with Crippen LogP contribution in [0.1, 0.15) is 12.5 Å². The predicted octanol–water partition coefficient (Wildman–Crippen LogP) is 1.07. The van der Waals surface area contributed by atoms with Crippen LogP contribution >= 0.6 is 12.2 Å². The van der Waals surface area contributed by atoms with Crippen molar-refractivity contribution in [2.45, 2.75) is 13.5 Å². The van der Waals surface area contributed by atoms with Crippen molar-refractivity contribution in [3.8, 4) is 0 Å². The molecular formula is C9H13N3S. The summed E-state index contributed by atoms with van der Waals surface area (Å²) in [4.78, 5) is 3.93. The molecule has 1 heterocycles. The Labute approximate surface area is 83.6 Å². The fourth-order valence-corrected chi connectivity index (χ4v) is 1.12. The topological polar surface area (TPSA) is 37.0 Å². The molecule has 0 fully saturated rings. The lowest BCUT2D eigenvalue weighted by atomic mass is 10.3. The lowest BCUT2D eigenvalue weighted by molar-refractivity contribution is 0.853. The molecule has 2 N–H and O–H groups in total. The molecule has 3 nitrogen and oxygen atoms in total. The summed E-state index contributed by atoms with van der Waals surface area (Å²) in [6.45, 7) is 3.61. The highest BCUT2D eigenvalue weighted by Crippen LogP contribution is 1.94. The second-order valence-corrected chi connectivity index (χ2v) is 2.98. The Morgan fingerprint density at radius 1 is 1.38 bits per heavy atom. The first-order valence-electron chi connectivity index (χ1n) is 4.23. The van der Waals surface area contributed by atoms with E-state index in [2.05, 4.69) is 15.6 Å². The molecule has 0 saturated heterocycles. The van der Waals surface area contributed by atoms with Gasteiger partial charge in [0.2, 0.25) is 0 Å². The van der Waals surface area contributed by atoms with Gasteiger partial charge in [0.25, 0.3) is 0 Å². The van der Waals surface area contributed by atoms with Gasteiger partial charge < -0.3 is 10.6 Å². The number of nitrogens with zero attached hydrogens (tertiary/aromatic N) is 1. The highest BCUT2D eigenvalue weighted by atomic mass is 32.1. The number of nitrogens with one attached hydrogen (secondary N) is 2. The molecule has 0 spiro atoms. The van der Waals surface area contributed by atoms with Crippen LogP contribution in [0, 0.1) is 0 Å². The molecule has 1 aromatic heterocycles. The van der Waals surface area contributed by atoms with Gasteiger partial charge in [-0.1, -0.05) is 0 Å². The molecule has 0 aliphatic heterocycles. The van der Waals surface area contributed by atoms with Gasteiger partial charge in [-0.3, -0.25) is 4.98 Å². The van der Waals surface area contributed by atoms with Gasteiger partial charge >= 0.3 is 0 Å². The Morgan fingerprint density at radius 3 is 2.69 bits per heavy atom. The summed E-state index contributed by atoms with van der Waals surface area (Å²) < 4.78 is 0. The molecule has 4 heteroatoms. The fraction of sp³-hybridized carbons (Fsp3) is 0.333.